The van der Waals surface area contributed by atoms with Gasteiger partial charge >= 0.3 is 6.18 Å². The van der Waals surface area contributed by atoms with Gasteiger partial charge in [0, 0.05) is 24.2 Å². The number of nitrogens with one attached hydrogen (secondary N) is 1. The molecule has 0 saturated carbocycles. The van der Waals surface area contributed by atoms with Crippen molar-refractivity contribution in [1.29, 1.82) is 0 Å². The van der Waals surface area contributed by atoms with Gasteiger partial charge < -0.3 is 15.2 Å². The molecule has 1 atom stereocenters. The Morgan fingerprint density at radius 3 is 2.65 bits per heavy atom. The van der Waals surface area contributed by atoms with E-state index in [1.165, 1.54) is 12.1 Å². The predicted molar refractivity (Wildman–Crippen MR) is 63.4 cm³/mol. The molecule has 1 aromatic rings. The Kier molecular flexibility index (Phi) is 5.28. The summed E-state index contributed by atoms with van der Waals surface area (Å²) in [6.45, 7) is -0.794. The smallest absolute Gasteiger partial charge is 0.417 e. The molecule has 0 heterocycles. The van der Waals surface area contributed by atoms with Crippen molar-refractivity contribution in [2.75, 3.05) is 13.7 Å². The van der Waals surface area contributed by atoms with Crippen LogP contribution in [0.5, 0.6) is 5.75 Å². The molecule has 0 aliphatic heterocycles. The van der Waals surface area contributed by atoms with Crippen molar-refractivity contribution in [2.45, 2.75) is 18.8 Å². The first-order valence-corrected chi connectivity index (χ1v) is 5.55. The summed E-state index contributed by atoms with van der Waals surface area (Å²) in [7, 11) is 1.58. The number of ether oxygens (including phenoxy) is 1. The van der Waals surface area contributed by atoms with Crippen LogP contribution in [0.3, 0.4) is 0 Å². The second-order valence-electron chi connectivity index (χ2n) is 3.95. The van der Waals surface area contributed by atoms with Crippen LogP contribution in [0.25, 0.3) is 0 Å². The molecule has 0 saturated heterocycles. The highest BCUT2D eigenvalue weighted by Gasteiger charge is 2.38. The molecule has 1 aromatic carbocycles. The van der Waals surface area contributed by atoms with E-state index in [0.717, 1.165) is 6.07 Å². The lowest BCUT2D eigenvalue weighted by Crippen LogP contribution is -2.34. The van der Waals surface area contributed by atoms with Gasteiger partial charge in [0.05, 0.1) is 4.92 Å². The molecule has 2 N–H and O–H groups in total. The van der Waals surface area contributed by atoms with Gasteiger partial charge in [0.2, 0.25) is 0 Å². The molecular weight excluding hydrogens is 281 g/mol. The predicted octanol–water partition coefficient (Wildman–Crippen LogP) is 1.62. The number of nitro benzene ring substituents is 1. The van der Waals surface area contributed by atoms with Gasteiger partial charge in [-0.3, -0.25) is 10.1 Å². The monoisotopic (exact) mass is 294 g/mol. The van der Waals surface area contributed by atoms with Gasteiger partial charge in [-0.15, -0.1) is 0 Å². The first kappa shape index (κ1) is 16.2. The molecule has 0 amide bonds. The highest BCUT2D eigenvalue weighted by Crippen LogP contribution is 2.26. The van der Waals surface area contributed by atoms with Crippen LogP contribution in [0.4, 0.5) is 18.9 Å². The minimum atomic E-state index is -4.77. The lowest BCUT2D eigenvalue weighted by atomic mass is 10.1. The van der Waals surface area contributed by atoms with Crippen LogP contribution < -0.4 is 10.1 Å². The van der Waals surface area contributed by atoms with Gasteiger partial charge in [-0.1, -0.05) is 0 Å². The van der Waals surface area contributed by atoms with Gasteiger partial charge in [0.1, 0.15) is 12.4 Å². The molecule has 1 unspecified atom stereocenters. The van der Waals surface area contributed by atoms with Gasteiger partial charge in [0.15, 0.2) is 6.10 Å². The third-order valence-electron chi connectivity index (χ3n) is 2.40. The molecule has 0 radical (unpaired) electrons. The first-order chi connectivity index (χ1) is 9.25. The van der Waals surface area contributed by atoms with Crippen LogP contribution in [0.2, 0.25) is 0 Å². The minimum absolute atomic E-state index is 0.0493. The molecule has 20 heavy (non-hydrogen) atoms. The zero-order chi connectivity index (χ0) is 15.3. The molecule has 0 spiro atoms. The molecular formula is C11H13F3N2O4. The van der Waals surface area contributed by atoms with Crippen molar-refractivity contribution in [3.05, 3.63) is 33.9 Å². The van der Waals surface area contributed by atoms with Crippen LogP contribution >= 0.6 is 0 Å². The Hall–Kier alpha value is -1.87. The molecule has 112 valence electrons. The molecule has 6 nitrogen and oxygen atoms in total. The summed E-state index contributed by atoms with van der Waals surface area (Å²) in [5.74, 6) is 0.0493. The van der Waals surface area contributed by atoms with Crippen molar-refractivity contribution in [3.63, 3.8) is 0 Å². The Morgan fingerprint density at radius 2 is 2.15 bits per heavy atom. The van der Waals surface area contributed by atoms with Crippen molar-refractivity contribution in [3.8, 4) is 5.75 Å². The number of rotatable bonds is 6. The number of non-ortho nitro benzene ring substituents is 1. The van der Waals surface area contributed by atoms with E-state index in [-0.39, 0.29) is 18.0 Å². The topological polar surface area (TPSA) is 84.6 Å². The Bertz CT molecular complexity index is 479. The Labute approximate surface area is 112 Å². The number of hydrogen-bond donors (Lipinski definition) is 2. The van der Waals surface area contributed by atoms with Crippen LogP contribution in [0.15, 0.2) is 18.2 Å². The summed E-state index contributed by atoms with van der Waals surface area (Å²) < 4.78 is 41.3. The fourth-order valence-electron chi connectivity index (χ4n) is 1.41. The minimum Gasteiger partial charge on any atom is -0.490 e. The number of nitro groups is 1. The maximum atomic E-state index is 12.1. The summed E-state index contributed by atoms with van der Waals surface area (Å²) in [4.78, 5) is 10.0. The third kappa shape index (κ3) is 4.35. The number of alkyl halides is 3. The zero-order valence-corrected chi connectivity index (χ0v) is 10.5. The van der Waals surface area contributed by atoms with Crippen LogP contribution in [-0.4, -0.2) is 36.0 Å². The lowest BCUT2D eigenvalue weighted by molar-refractivity contribution is -0.384. The Balaban J connectivity index is 2.86. The van der Waals surface area contributed by atoms with Crippen LogP contribution in [0.1, 0.15) is 5.56 Å². The molecule has 0 aliphatic rings. The Morgan fingerprint density at radius 1 is 1.50 bits per heavy atom. The SMILES string of the molecule is CNCc1cc([N+](=O)[O-])ccc1OCC(O)C(F)(F)F. The summed E-state index contributed by atoms with van der Waals surface area (Å²) in [5, 5.41) is 22.2. The number of aliphatic hydroxyl groups excluding tert-OH is 1. The summed E-state index contributed by atoms with van der Waals surface area (Å²) in [6, 6.07) is 3.52. The standard InChI is InChI=1S/C11H13F3N2O4/c1-15-5-7-4-8(16(18)19)2-3-9(7)20-6-10(17)11(12,13)14/h2-4,10,15,17H,5-6H2,1H3. The van der Waals surface area contributed by atoms with E-state index in [9.17, 15) is 23.3 Å². The molecule has 1 rings (SSSR count). The average Bonchev–Trinajstić information content (AvgIpc) is 2.35. The maximum absolute atomic E-state index is 12.1. The van der Waals surface area contributed by atoms with Crippen molar-refractivity contribution >= 4 is 5.69 Å². The zero-order valence-electron chi connectivity index (χ0n) is 10.5. The number of aliphatic hydroxyl groups is 1. The van der Waals surface area contributed by atoms with Crippen molar-refractivity contribution < 1.29 is 27.9 Å². The fourth-order valence-corrected chi connectivity index (χ4v) is 1.41. The molecule has 9 heteroatoms. The van der Waals surface area contributed by atoms with Gasteiger partial charge in [-0.2, -0.15) is 13.2 Å². The average molecular weight is 294 g/mol. The highest BCUT2D eigenvalue weighted by atomic mass is 19.4. The van der Waals surface area contributed by atoms with E-state index in [4.69, 9.17) is 9.84 Å². The number of benzene rings is 1. The number of nitrogens with zero attached hydrogens (tertiary/aromatic N) is 1. The number of halogens is 3. The summed E-state index contributed by atoms with van der Waals surface area (Å²) in [6.07, 6.45) is -7.38. The highest BCUT2D eigenvalue weighted by molar-refractivity contribution is 5.43. The quantitative estimate of drug-likeness (QED) is 0.615. The van der Waals surface area contributed by atoms with E-state index in [2.05, 4.69) is 5.32 Å². The van der Waals surface area contributed by atoms with Gasteiger partial charge in [-0.25, -0.2) is 0 Å². The molecule has 0 bridgehead atoms. The number of hydrogen-bond acceptors (Lipinski definition) is 5. The van der Waals surface area contributed by atoms with Gasteiger partial charge in [-0.05, 0) is 13.1 Å². The second kappa shape index (κ2) is 6.53. The van der Waals surface area contributed by atoms with E-state index >= 15 is 0 Å². The molecule has 0 aromatic heterocycles. The second-order valence-corrected chi connectivity index (χ2v) is 3.95. The van der Waals surface area contributed by atoms with E-state index in [1.54, 1.807) is 7.05 Å². The van der Waals surface area contributed by atoms with Crippen molar-refractivity contribution in [2.24, 2.45) is 0 Å². The summed E-state index contributed by atoms with van der Waals surface area (Å²) in [5.41, 5.74) is 0.134. The normalized spacial score (nSPS) is 13.1. The molecule has 0 aliphatic carbocycles. The van der Waals surface area contributed by atoms with Crippen molar-refractivity contribution in [1.82, 2.24) is 5.32 Å². The van der Waals surface area contributed by atoms with Gasteiger partial charge in [0.25, 0.3) is 5.69 Å². The van der Waals surface area contributed by atoms with Crippen LogP contribution in [-0.2, 0) is 6.54 Å². The fraction of sp³-hybridized carbons (Fsp3) is 0.455. The van der Waals surface area contributed by atoms with Crippen LogP contribution in [0, 0.1) is 10.1 Å². The lowest BCUT2D eigenvalue weighted by Gasteiger charge is -2.17. The van der Waals surface area contributed by atoms with E-state index in [1.807, 2.05) is 0 Å². The maximum Gasteiger partial charge on any atom is 0.417 e. The first-order valence-electron chi connectivity index (χ1n) is 5.55. The largest absolute Gasteiger partial charge is 0.490 e. The van der Waals surface area contributed by atoms with E-state index < -0.39 is 23.8 Å². The van der Waals surface area contributed by atoms with E-state index in [0.29, 0.717) is 5.56 Å². The molecule has 0 fully saturated rings. The summed E-state index contributed by atoms with van der Waals surface area (Å²) >= 11 is 0. The third-order valence-corrected chi connectivity index (χ3v) is 2.40.